The van der Waals surface area contributed by atoms with Crippen LogP contribution in [0, 0.1) is 11.3 Å². The Kier molecular flexibility index (Phi) is 6.02. The molecule has 34 heavy (non-hydrogen) atoms. The lowest BCUT2D eigenvalue weighted by Crippen LogP contribution is -2.48. The van der Waals surface area contributed by atoms with Gasteiger partial charge in [-0.1, -0.05) is 55.0 Å². The number of hydrogen-bond acceptors (Lipinski definition) is 4. The fourth-order valence-corrected chi connectivity index (χ4v) is 5.63. The number of carboxylic acid groups (broad SMARTS) is 1. The highest BCUT2D eigenvalue weighted by atomic mass is 16.5. The molecule has 2 aromatic carbocycles. The lowest BCUT2D eigenvalue weighted by Gasteiger charge is -2.37. The summed E-state index contributed by atoms with van der Waals surface area (Å²) in [6, 6.07) is 16.3. The number of carboxylic acids is 1. The molecule has 2 atom stereocenters. The summed E-state index contributed by atoms with van der Waals surface area (Å²) in [5.74, 6) is -1.16. The Morgan fingerprint density at radius 2 is 1.62 bits per heavy atom. The van der Waals surface area contributed by atoms with Crippen molar-refractivity contribution in [2.75, 3.05) is 13.2 Å². The summed E-state index contributed by atoms with van der Waals surface area (Å²) >= 11 is 0. The fraction of sp³-hybridized carbons (Fsp3) is 0.444. The maximum atomic E-state index is 12.6. The van der Waals surface area contributed by atoms with Crippen molar-refractivity contribution in [2.45, 2.75) is 50.5 Å². The number of amides is 2. The van der Waals surface area contributed by atoms with E-state index < -0.39 is 17.5 Å². The van der Waals surface area contributed by atoms with Crippen LogP contribution in [0.4, 0.5) is 4.79 Å². The quantitative estimate of drug-likeness (QED) is 0.576. The molecule has 2 saturated carbocycles. The van der Waals surface area contributed by atoms with Crippen LogP contribution in [0.3, 0.4) is 0 Å². The molecule has 2 aromatic rings. The zero-order valence-corrected chi connectivity index (χ0v) is 19.1. The minimum atomic E-state index is -0.833. The van der Waals surface area contributed by atoms with Crippen molar-refractivity contribution in [2.24, 2.45) is 11.3 Å². The average molecular weight is 463 g/mol. The summed E-state index contributed by atoms with van der Waals surface area (Å²) in [5.41, 5.74) is 3.90. The molecule has 5 rings (SSSR count). The summed E-state index contributed by atoms with van der Waals surface area (Å²) < 4.78 is 5.62. The van der Waals surface area contributed by atoms with E-state index in [1.165, 1.54) is 22.3 Å². The number of rotatable bonds is 7. The maximum absolute atomic E-state index is 12.6. The van der Waals surface area contributed by atoms with Gasteiger partial charge >= 0.3 is 12.1 Å². The first-order chi connectivity index (χ1) is 16.5. The summed E-state index contributed by atoms with van der Waals surface area (Å²) in [4.78, 5) is 36.6. The van der Waals surface area contributed by atoms with Crippen LogP contribution >= 0.6 is 0 Å². The van der Waals surface area contributed by atoms with Crippen LogP contribution in [0.5, 0.6) is 0 Å². The van der Waals surface area contributed by atoms with Gasteiger partial charge in [0, 0.05) is 24.4 Å². The Morgan fingerprint density at radius 3 is 2.21 bits per heavy atom. The van der Waals surface area contributed by atoms with Crippen molar-refractivity contribution in [3.63, 3.8) is 0 Å². The number of ether oxygens (including phenoxy) is 1. The number of nitrogens with one attached hydrogen (secondary N) is 2. The lowest BCUT2D eigenvalue weighted by atomic mass is 9.68. The molecular weight excluding hydrogens is 432 g/mol. The summed E-state index contributed by atoms with van der Waals surface area (Å²) in [6.45, 7) is 0.440. The van der Waals surface area contributed by atoms with Crippen LogP contribution in [0.2, 0.25) is 0 Å². The van der Waals surface area contributed by atoms with Crippen molar-refractivity contribution in [1.82, 2.24) is 10.6 Å². The van der Waals surface area contributed by atoms with Gasteiger partial charge < -0.3 is 20.5 Å². The molecule has 7 heteroatoms. The van der Waals surface area contributed by atoms with Gasteiger partial charge in [-0.2, -0.15) is 0 Å². The molecule has 3 N–H and O–H groups in total. The fourth-order valence-electron chi connectivity index (χ4n) is 5.63. The third-order valence-electron chi connectivity index (χ3n) is 7.83. The van der Waals surface area contributed by atoms with E-state index in [2.05, 4.69) is 34.9 Å². The van der Waals surface area contributed by atoms with Crippen LogP contribution < -0.4 is 10.6 Å². The lowest BCUT2D eigenvalue weighted by molar-refractivity contribution is -0.154. The third kappa shape index (κ3) is 4.15. The molecule has 0 unspecified atom stereocenters. The molecule has 0 saturated heterocycles. The molecule has 0 aromatic heterocycles. The number of fused-ring (bicyclic) bond motifs is 3. The van der Waals surface area contributed by atoms with Gasteiger partial charge in [-0.3, -0.25) is 9.59 Å². The normalized spacial score (nSPS) is 22.2. The van der Waals surface area contributed by atoms with E-state index in [-0.39, 0.29) is 36.9 Å². The standard InChI is InChI=1S/C27H30N2O5/c30-24(28-16-27(25(31)32)12-5-13-27)17-10-11-18(14-17)29-26(33)34-15-23-21-8-3-1-6-19(21)20-7-2-4-9-22(20)23/h1-4,6-9,17-18,23H,5,10-16H2,(H,28,30)(H,29,33)(H,31,32)/t17-,18+/m0/s1. The molecule has 0 bridgehead atoms. The van der Waals surface area contributed by atoms with Gasteiger partial charge in [-0.05, 0) is 54.4 Å². The minimum Gasteiger partial charge on any atom is -0.481 e. The highest BCUT2D eigenvalue weighted by Crippen LogP contribution is 2.44. The highest BCUT2D eigenvalue weighted by Gasteiger charge is 2.45. The second-order valence-corrected chi connectivity index (χ2v) is 9.83. The predicted molar refractivity (Wildman–Crippen MR) is 126 cm³/mol. The largest absolute Gasteiger partial charge is 0.481 e. The van der Waals surface area contributed by atoms with Gasteiger partial charge in [0.05, 0.1) is 5.41 Å². The second-order valence-electron chi connectivity index (χ2n) is 9.83. The zero-order chi connectivity index (χ0) is 23.7. The average Bonchev–Trinajstić information content (AvgIpc) is 3.39. The van der Waals surface area contributed by atoms with Crippen molar-refractivity contribution >= 4 is 18.0 Å². The second kappa shape index (κ2) is 9.12. The van der Waals surface area contributed by atoms with E-state index in [4.69, 9.17) is 4.74 Å². The SMILES string of the molecule is O=C(N[C@@H]1CC[C@H](C(=O)NCC2(C(=O)O)CCC2)C1)OCC1c2ccccc2-c2ccccc21. The maximum Gasteiger partial charge on any atom is 0.407 e. The molecular formula is C27H30N2O5. The molecule has 3 aliphatic rings. The number of carbonyl (C=O) groups excluding carboxylic acids is 2. The van der Waals surface area contributed by atoms with Crippen molar-refractivity contribution in [3.05, 3.63) is 59.7 Å². The molecule has 3 aliphatic carbocycles. The smallest absolute Gasteiger partial charge is 0.407 e. The van der Waals surface area contributed by atoms with Crippen LogP contribution in [0.15, 0.2) is 48.5 Å². The predicted octanol–water partition coefficient (Wildman–Crippen LogP) is 4.06. The van der Waals surface area contributed by atoms with E-state index in [0.717, 1.165) is 6.42 Å². The van der Waals surface area contributed by atoms with Crippen molar-refractivity contribution in [3.8, 4) is 11.1 Å². The number of aliphatic carboxylic acids is 1. The molecule has 2 amide bonds. The Hall–Kier alpha value is -3.35. The Morgan fingerprint density at radius 1 is 0.971 bits per heavy atom. The molecule has 0 aliphatic heterocycles. The number of carbonyl (C=O) groups is 3. The van der Waals surface area contributed by atoms with E-state index in [9.17, 15) is 19.5 Å². The molecule has 0 radical (unpaired) electrons. The summed E-state index contributed by atoms with van der Waals surface area (Å²) in [7, 11) is 0. The van der Waals surface area contributed by atoms with Gasteiger partial charge in [-0.15, -0.1) is 0 Å². The summed E-state index contributed by atoms with van der Waals surface area (Å²) in [6.07, 6.45) is 3.55. The number of alkyl carbamates (subject to hydrolysis) is 1. The Balaban J connectivity index is 1.11. The van der Waals surface area contributed by atoms with Gasteiger partial charge in [0.2, 0.25) is 5.91 Å². The first-order valence-corrected chi connectivity index (χ1v) is 12.1. The van der Waals surface area contributed by atoms with Crippen LogP contribution in [0.1, 0.15) is 55.6 Å². The first kappa shape index (κ1) is 22.4. The van der Waals surface area contributed by atoms with Gasteiger partial charge in [0.1, 0.15) is 6.61 Å². The minimum absolute atomic E-state index is 0.00770. The van der Waals surface area contributed by atoms with Gasteiger partial charge in [0.25, 0.3) is 0 Å². The monoisotopic (exact) mass is 462 g/mol. The van der Waals surface area contributed by atoms with E-state index in [1.54, 1.807) is 0 Å². The van der Waals surface area contributed by atoms with Gasteiger partial charge in [0.15, 0.2) is 0 Å². The van der Waals surface area contributed by atoms with E-state index in [1.807, 2.05) is 24.3 Å². The van der Waals surface area contributed by atoms with Crippen molar-refractivity contribution < 1.29 is 24.2 Å². The van der Waals surface area contributed by atoms with Crippen LogP contribution in [0.25, 0.3) is 11.1 Å². The van der Waals surface area contributed by atoms with Crippen LogP contribution in [-0.4, -0.2) is 42.3 Å². The molecule has 2 fully saturated rings. The summed E-state index contributed by atoms with van der Waals surface area (Å²) in [5, 5.41) is 15.2. The zero-order valence-electron chi connectivity index (χ0n) is 19.1. The van der Waals surface area contributed by atoms with E-state index >= 15 is 0 Å². The van der Waals surface area contributed by atoms with Crippen molar-refractivity contribution in [1.29, 1.82) is 0 Å². The van der Waals surface area contributed by atoms with E-state index in [0.29, 0.717) is 32.1 Å². The first-order valence-electron chi connectivity index (χ1n) is 12.1. The molecule has 0 spiro atoms. The topological polar surface area (TPSA) is 105 Å². The Labute approximate surface area is 198 Å². The molecule has 178 valence electrons. The molecule has 7 nitrogen and oxygen atoms in total. The third-order valence-corrected chi connectivity index (χ3v) is 7.83. The van der Waals surface area contributed by atoms with Gasteiger partial charge in [-0.25, -0.2) is 4.79 Å². The number of hydrogen-bond donors (Lipinski definition) is 3. The highest BCUT2D eigenvalue weighted by molar-refractivity contribution is 5.82. The number of benzene rings is 2. The Bertz CT molecular complexity index is 1060. The van der Waals surface area contributed by atoms with Crippen LogP contribution in [-0.2, 0) is 14.3 Å². The molecule has 0 heterocycles.